The van der Waals surface area contributed by atoms with Gasteiger partial charge in [0.2, 0.25) is 0 Å². The zero-order chi connectivity index (χ0) is 2.00. The van der Waals surface area contributed by atoms with Crippen LogP contribution in [-0.4, -0.2) is 0 Å². The Labute approximate surface area is 67.6 Å². The SMILES string of the molecule is [O-2].[O-2].[O-2].[O]=[Y+].[V+5]. The molecule has 0 unspecified atom stereocenters. The average Bonchev–Trinajstić information content (AvgIpc) is 1.00. The summed E-state index contributed by atoms with van der Waals surface area (Å²) in [7, 11) is 0. The Morgan fingerprint density at radius 2 is 0.833 bits per heavy atom. The fourth-order valence-corrected chi connectivity index (χ4v) is 0. The minimum absolute atomic E-state index is 0. The van der Waals surface area contributed by atoms with Crippen molar-refractivity contribution >= 4 is 0 Å². The number of rotatable bonds is 0. The zero-order valence-electron chi connectivity index (χ0n) is 2.66. The molecule has 4 nitrogen and oxygen atoms in total. The van der Waals surface area contributed by atoms with Crippen LogP contribution in [0.4, 0.5) is 0 Å². The molecule has 0 saturated carbocycles. The second-order valence-electron chi connectivity index (χ2n) is 0. The molecule has 6 heteroatoms. The van der Waals surface area contributed by atoms with Crippen LogP contribution in [0, 0.1) is 0 Å². The van der Waals surface area contributed by atoms with E-state index in [1.807, 2.05) is 0 Å². The van der Waals surface area contributed by atoms with Gasteiger partial charge in [-0.2, -0.15) is 0 Å². The van der Waals surface area contributed by atoms with Gasteiger partial charge in [-0.05, 0) is 0 Å². The number of hydrogen-bond donors (Lipinski definition) is 0. The summed E-state index contributed by atoms with van der Waals surface area (Å²) >= 11 is 0.100. The van der Waals surface area contributed by atoms with E-state index in [4.69, 9.17) is 2.04 Å². The van der Waals surface area contributed by atoms with Crippen LogP contribution in [0.5, 0.6) is 0 Å². The third-order valence-electron chi connectivity index (χ3n) is 0. The second-order valence-corrected chi connectivity index (χ2v) is 0. The van der Waals surface area contributed by atoms with Crippen molar-refractivity contribution in [3.05, 3.63) is 0 Å². The second kappa shape index (κ2) is 98.0. The summed E-state index contributed by atoms with van der Waals surface area (Å²) in [5.74, 6) is 0. The van der Waals surface area contributed by atoms with Gasteiger partial charge in [0, 0.05) is 0 Å². The Bertz CT molecular complexity index is 7.51. The molecule has 0 atom stereocenters. The first-order valence-electron chi connectivity index (χ1n) is 0.236. The monoisotopic (exact) mass is 204 g/mol. The van der Waals surface area contributed by atoms with Gasteiger partial charge in [0.15, 0.2) is 0 Å². The van der Waals surface area contributed by atoms with Crippen molar-refractivity contribution < 1.29 is 68.0 Å². The maximum Gasteiger partial charge on any atom is 5.00 e. The summed E-state index contributed by atoms with van der Waals surface area (Å²) in [6.07, 6.45) is 0. The molecule has 0 saturated heterocycles. The Morgan fingerprint density at radius 3 is 0.833 bits per heavy atom. The fraction of sp³-hybridized carbons (Fsp3) is 0. The van der Waals surface area contributed by atoms with E-state index in [1.54, 1.807) is 0 Å². The van der Waals surface area contributed by atoms with Gasteiger partial charge in [0.05, 0.1) is 0 Å². The van der Waals surface area contributed by atoms with Crippen molar-refractivity contribution in [1.82, 2.24) is 0 Å². The molecule has 0 aromatic rings. The van der Waals surface area contributed by atoms with Gasteiger partial charge in [-0.1, -0.05) is 0 Å². The van der Waals surface area contributed by atoms with Gasteiger partial charge in [-0.15, -0.1) is 0 Å². The Morgan fingerprint density at radius 1 is 0.833 bits per heavy atom. The molecule has 0 rings (SSSR count). The van der Waals surface area contributed by atoms with Gasteiger partial charge < -0.3 is 16.4 Å². The Kier molecular flexibility index (Phi) is 870. The summed E-state index contributed by atoms with van der Waals surface area (Å²) in [6, 6.07) is 0. The van der Waals surface area contributed by atoms with Crippen LogP contribution >= 0.6 is 0 Å². The molecule has 0 fully saturated rings. The molecule has 0 aliphatic heterocycles. The first-order chi connectivity index (χ1) is 1.00. The first kappa shape index (κ1) is 53.3. The van der Waals surface area contributed by atoms with Gasteiger partial charge in [-0.25, -0.2) is 0 Å². The molecule has 0 N–H and O–H groups in total. The minimum atomic E-state index is 0. The zero-order valence-corrected chi connectivity index (χ0v) is 6.89. The molecule has 0 spiro atoms. The predicted molar refractivity (Wildman–Crippen MR) is 2.75 cm³/mol. The number of hydrogen-bond acceptors (Lipinski definition) is 1. The molecule has 0 aromatic carbocycles. The molecule has 0 aromatic heterocycles. The van der Waals surface area contributed by atoms with Gasteiger partial charge in [0.1, 0.15) is 0 Å². The van der Waals surface area contributed by atoms with E-state index < -0.39 is 0 Å². The van der Waals surface area contributed by atoms with Crippen LogP contribution in [-0.2, 0) is 68.0 Å². The van der Waals surface area contributed by atoms with Crippen LogP contribution in [0.3, 0.4) is 0 Å². The largest absolute Gasteiger partial charge is 5.00 e. The molecular weight excluding hydrogens is 204 g/mol. The maximum atomic E-state index is 8.38. The molecule has 0 radical (unpaired) electrons. The molecular formula is O4VY. The molecule has 0 aliphatic rings. The third kappa shape index (κ3) is 54.7. The summed E-state index contributed by atoms with van der Waals surface area (Å²) in [4.78, 5) is 0. The van der Waals surface area contributed by atoms with Crippen LogP contribution < -0.4 is 0 Å². The van der Waals surface area contributed by atoms with Crippen LogP contribution in [0.2, 0.25) is 0 Å². The van der Waals surface area contributed by atoms with E-state index >= 15 is 0 Å². The third-order valence-corrected chi connectivity index (χ3v) is 0. The Balaban J connectivity index is -0.000000000833. The smallest absolute Gasteiger partial charge is 5.00 e. The van der Waals surface area contributed by atoms with E-state index in [0.717, 1.165) is 0 Å². The standard InChI is InChI=1S/4O.V.Y/q;3*-2;+5;+1. The van der Waals surface area contributed by atoms with Crippen molar-refractivity contribution in [3.63, 3.8) is 0 Å². The van der Waals surface area contributed by atoms with Crippen LogP contribution in [0.1, 0.15) is 0 Å². The molecule has 0 aliphatic carbocycles. The van der Waals surface area contributed by atoms with E-state index in [2.05, 4.69) is 0 Å². The van der Waals surface area contributed by atoms with E-state index in [1.165, 1.54) is 0 Å². The topological polar surface area (TPSA) is 103 Å². The summed E-state index contributed by atoms with van der Waals surface area (Å²) < 4.78 is 8.38. The first-order valence-corrected chi connectivity index (χ1v) is 1.39. The van der Waals surface area contributed by atoms with Crippen LogP contribution in [0.15, 0.2) is 0 Å². The summed E-state index contributed by atoms with van der Waals surface area (Å²) in [6.45, 7) is 0. The fourth-order valence-electron chi connectivity index (χ4n) is 0. The van der Waals surface area contributed by atoms with Crippen molar-refractivity contribution in [2.24, 2.45) is 0 Å². The van der Waals surface area contributed by atoms with Crippen molar-refractivity contribution in [1.29, 1.82) is 0 Å². The average molecular weight is 204 g/mol. The van der Waals surface area contributed by atoms with E-state index in [9.17, 15) is 0 Å². The molecule has 32 valence electrons. The van der Waals surface area contributed by atoms with Gasteiger partial charge in [-0.3, -0.25) is 0 Å². The summed E-state index contributed by atoms with van der Waals surface area (Å²) in [5, 5.41) is 0. The quantitative estimate of drug-likeness (QED) is 0.522. The summed E-state index contributed by atoms with van der Waals surface area (Å²) in [5.41, 5.74) is 0. The molecule has 0 bridgehead atoms. The molecule has 6 heavy (non-hydrogen) atoms. The van der Waals surface area contributed by atoms with Crippen LogP contribution in [0.25, 0.3) is 0 Å². The molecule has 0 amide bonds. The van der Waals surface area contributed by atoms with Crippen molar-refractivity contribution in [2.75, 3.05) is 0 Å². The van der Waals surface area contributed by atoms with Gasteiger partial charge in [0.25, 0.3) is 0 Å². The van der Waals surface area contributed by atoms with Gasteiger partial charge >= 0.3 is 51.6 Å². The van der Waals surface area contributed by atoms with Crippen molar-refractivity contribution in [2.45, 2.75) is 0 Å². The Hall–Kier alpha value is 1.37. The maximum absolute atomic E-state index is 8.38. The predicted octanol–water partition coefficient (Wildman–Crippen LogP) is -0.480. The normalized spacial score (nSPS) is 1.00. The van der Waals surface area contributed by atoms with Crippen molar-refractivity contribution in [3.8, 4) is 0 Å². The van der Waals surface area contributed by atoms with E-state index in [-0.39, 0.29) is 66.0 Å². The minimum Gasteiger partial charge on any atom is 5.00 e. The molecule has 0 heterocycles. The van der Waals surface area contributed by atoms with E-state index in [0.29, 0.717) is 0 Å².